The van der Waals surface area contributed by atoms with Crippen LogP contribution in [-0.4, -0.2) is 0 Å². The summed E-state index contributed by atoms with van der Waals surface area (Å²) in [7, 11) is 0. The van der Waals surface area contributed by atoms with Crippen molar-refractivity contribution in [1.82, 2.24) is 0 Å². The van der Waals surface area contributed by atoms with Crippen LogP contribution in [0.15, 0.2) is 72.8 Å². The van der Waals surface area contributed by atoms with Gasteiger partial charge in [0.25, 0.3) is 0 Å². The molecule has 0 heterocycles. The maximum atomic E-state index is 8.97. The van der Waals surface area contributed by atoms with Gasteiger partial charge in [-0.15, -0.1) is 6.58 Å². The molecule has 0 saturated heterocycles. The molecule has 2 aromatic carbocycles. The first-order chi connectivity index (χ1) is 14.8. The van der Waals surface area contributed by atoms with Crippen molar-refractivity contribution in [2.24, 2.45) is 11.8 Å². The van der Waals surface area contributed by atoms with E-state index in [1.807, 2.05) is 30.3 Å². The lowest BCUT2D eigenvalue weighted by molar-refractivity contribution is 0.217. The van der Waals surface area contributed by atoms with Crippen LogP contribution in [0.1, 0.15) is 74.8 Å². The molecule has 0 aliphatic heterocycles. The van der Waals surface area contributed by atoms with E-state index in [-0.39, 0.29) is 0 Å². The summed E-state index contributed by atoms with van der Waals surface area (Å²) in [6, 6.07) is 19.2. The summed E-state index contributed by atoms with van der Waals surface area (Å²) in [5.74, 6) is 2.56. The third-order valence-corrected chi connectivity index (χ3v) is 7.38. The van der Waals surface area contributed by atoms with E-state index in [1.165, 1.54) is 68.1 Å². The standard InChI is InChI=1S/C29H33N/c1-2-3-4-22-5-9-24(10-6-22)26-13-17-28(18-14-26)29-19-15-27(16-20-29)25-11-7-23(21-30)8-12-25/h2,5,7-8,11-12,15-16,19-20,24,26,28H,1,3-4,6,9-10,13-14,17-18H2. The minimum atomic E-state index is 0.716. The second kappa shape index (κ2) is 9.94. The van der Waals surface area contributed by atoms with Crippen LogP contribution in [0, 0.1) is 23.2 Å². The molecule has 0 amide bonds. The maximum absolute atomic E-state index is 8.97. The molecule has 0 N–H and O–H groups in total. The van der Waals surface area contributed by atoms with Crippen molar-refractivity contribution in [1.29, 1.82) is 5.26 Å². The van der Waals surface area contributed by atoms with Crippen LogP contribution in [0.5, 0.6) is 0 Å². The number of nitrogens with zero attached hydrogens (tertiary/aromatic N) is 1. The van der Waals surface area contributed by atoms with E-state index in [0.29, 0.717) is 5.56 Å². The summed E-state index contributed by atoms with van der Waals surface area (Å²) in [6.45, 7) is 3.85. The van der Waals surface area contributed by atoms with Gasteiger partial charge in [0.2, 0.25) is 0 Å². The summed E-state index contributed by atoms with van der Waals surface area (Å²) in [5, 5.41) is 8.97. The molecule has 2 aliphatic carbocycles. The monoisotopic (exact) mass is 395 g/mol. The van der Waals surface area contributed by atoms with Gasteiger partial charge in [-0.2, -0.15) is 5.26 Å². The van der Waals surface area contributed by atoms with E-state index in [1.54, 1.807) is 5.57 Å². The van der Waals surface area contributed by atoms with Crippen LogP contribution in [-0.2, 0) is 0 Å². The predicted molar refractivity (Wildman–Crippen MR) is 126 cm³/mol. The normalized spacial score (nSPS) is 24.0. The first-order valence-electron chi connectivity index (χ1n) is 11.7. The lowest BCUT2D eigenvalue weighted by Crippen LogP contribution is -2.22. The third-order valence-electron chi connectivity index (χ3n) is 7.38. The van der Waals surface area contributed by atoms with Gasteiger partial charge in [0.05, 0.1) is 11.6 Å². The zero-order valence-electron chi connectivity index (χ0n) is 18.0. The molecule has 1 nitrogen and oxygen atoms in total. The smallest absolute Gasteiger partial charge is 0.0991 e. The molecule has 0 aromatic heterocycles. The molecule has 154 valence electrons. The Labute approximate surface area is 182 Å². The van der Waals surface area contributed by atoms with Gasteiger partial charge in [-0.05, 0) is 104 Å². The minimum Gasteiger partial charge on any atom is -0.192 e. The van der Waals surface area contributed by atoms with Crippen molar-refractivity contribution in [3.63, 3.8) is 0 Å². The summed E-state index contributed by atoms with van der Waals surface area (Å²) >= 11 is 0. The molecule has 2 aromatic rings. The van der Waals surface area contributed by atoms with E-state index in [0.717, 1.165) is 24.2 Å². The number of hydrogen-bond donors (Lipinski definition) is 0. The molecule has 1 heteroatoms. The second-order valence-corrected chi connectivity index (χ2v) is 9.15. The fraction of sp³-hybridized carbons (Fsp3) is 0.414. The molecule has 1 unspecified atom stereocenters. The van der Waals surface area contributed by atoms with Gasteiger partial charge in [0.15, 0.2) is 0 Å². The molecule has 4 rings (SSSR count). The Morgan fingerprint density at radius 3 is 2.10 bits per heavy atom. The third kappa shape index (κ3) is 4.93. The van der Waals surface area contributed by atoms with E-state index >= 15 is 0 Å². The predicted octanol–water partition coefficient (Wildman–Crippen LogP) is 8.19. The molecule has 0 bridgehead atoms. The number of allylic oxidation sites excluding steroid dienone is 3. The van der Waals surface area contributed by atoms with Crippen LogP contribution in [0.4, 0.5) is 0 Å². The lowest BCUT2D eigenvalue weighted by atomic mass is 9.70. The Morgan fingerprint density at radius 2 is 1.53 bits per heavy atom. The summed E-state index contributed by atoms with van der Waals surface area (Å²) in [5.41, 5.74) is 6.30. The van der Waals surface area contributed by atoms with Crippen molar-refractivity contribution in [2.75, 3.05) is 0 Å². The van der Waals surface area contributed by atoms with Crippen LogP contribution < -0.4 is 0 Å². The second-order valence-electron chi connectivity index (χ2n) is 9.15. The molecule has 0 radical (unpaired) electrons. The first-order valence-corrected chi connectivity index (χ1v) is 11.7. The molecular formula is C29H33N. The molecule has 1 atom stereocenters. The fourth-order valence-electron chi connectivity index (χ4n) is 5.46. The quantitative estimate of drug-likeness (QED) is 0.452. The molecule has 2 aliphatic rings. The number of nitriles is 1. The largest absolute Gasteiger partial charge is 0.192 e. The molecule has 1 fully saturated rings. The Hall–Kier alpha value is -2.59. The summed E-state index contributed by atoms with van der Waals surface area (Å²) in [4.78, 5) is 0. The zero-order valence-corrected chi connectivity index (χ0v) is 18.0. The SMILES string of the molecule is C=CCCC1=CCC(C2CCC(c3ccc(-c4ccc(C#N)cc4)cc3)CC2)CC1. The Bertz CT molecular complexity index is 902. The lowest BCUT2D eigenvalue weighted by Gasteiger charge is -2.35. The Kier molecular flexibility index (Phi) is 6.85. The number of hydrogen-bond acceptors (Lipinski definition) is 1. The van der Waals surface area contributed by atoms with Gasteiger partial charge >= 0.3 is 0 Å². The van der Waals surface area contributed by atoms with Crippen molar-refractivity contribution in [3.8, 4) is 17.2 Å². The Morgan fingerprint density at radius 1 is 0.867 bits per heavy atom. The molecule has 0 spiro atoms. The molecule has 1 saturated carbocycles. The van der Waals surface area contributed by atoms with Crippen molar-refractivity contribution in [3.05, 3.63) is 84.0 Å². The highest BCUT2D eigenvalue weighted by atomic mass is 14.3. The first kappa shape index (κ1) is 20.7. The van der Waals surface area contributed by atoms with Crippen LogP contribution >= 0.6 is 0 Å². The number of benzene rings is 2. The Balaban J connectivity index is 1.30. The van der Waals surface area contributed by atoms with Gasteiger partial charge in [0.1, 0.15) is 0 Å². The minimum absolute atomic E-state index is 0.716. The average molecular weight is 396 g/mol. The average Bonchev–Trinajstić information content (AvgIpc) is 2.83. The highest BCUT2D eigenvalue weighted by molar-refractivity contribution is 5.64. The van der Waals surface area contributed by atoms with Crippen LogP contribution in [0.2, 0.25) is 0 Å². The van der Waals surface area contributed by atoms with Gasteiger partial charge in [-0.25, -0.2) is 0 Å². The van der Waals surface area contributed by atoms with E-state index in [4.69, 9.17) is 5.26 Å². The van der Waals surface area contributed by atoms with Crippen molar-refractivity contribution < 1.29 is 0 Å². The van der Waals surface area contributed by atoms with E-state index in [2.05, 4.69) is 43.0 Å². The highest BCUT2D eigenvalue weighted by Crippen LogP contribution is 2.43. The van der Waals surface area contributed by atoms with Crippen molar-refractivity contribution in [2.45, 2.75) is 63.7 Å². The summed E-state index contributed by atoms with van der Waals surface area (Å²) < 4.78 is 0. The molecule has 30 heavy (non-hydrogen) atoms. The topological polar surface area (TPSA) is 23.8 Å². The van der Waals surface area contributed by atoms with E-state index in [9.17, 15) is 0 Å². The fourth-order valence-corrected chi connectivity index (χ4v) is 5.46. The van der Waals surface area contributed by atoms with Crippen molar-refractivity contribution >= 4 is 0 Å². The number of rotatable bonds is 6. The maximum Gasteiger partial charge on any atom is 0.0991 e. The van der Waals surface area contributed by atoms with Crippen LogP contribution in [0.25, 0.3) is 11.1 Å². The van der Waals surface area contributed by atoms with Gasteiger partial charge in [-0.1, -0.05) is 54.1 Å². The van der Waals surface area contributed by atoms with Gasteiger partial charge in [-0.3, -0.25) is 0 Å². The molecular weight excluding hydrogens is 362 g/mol. The summed E-state index contributed by atoms with van der Waals surface area (Å²) in [6.07, 6.45) is 16.4. The van der Waals surface area contributed by atoms with Gasteiger partial charge in [0, 0.05) is 0 Å². The van der Waals surface area contributed by atoms with Gasteiger partial charge < -0.3 is 0 Å². The highest BCUT2D eigenvalue weighted by Gasteiger charge is 2.29. The van der Waals surface area contributed by atoms with E-state index < -0.39 is 0 Å². The zero-order chi connectivity index (χ0) is 20.8. The van der Waals surface area contributed by atoms with Crippen LogP contribution in [0.3, 0.4) is 0 Å².